The van der Waals surface area contributed by atoms with Crippen molar-refractivity contribution in [2.45, 2.75) is 42.4 Å². The van der Waals surface area contributed by atoms with Crippen molar-refractivity contribution in [2.75, 3.05) is 23.7 Å². The van der Waals surface area contributed by atoms with Crippen LogP contribution in [0, 0.1) is 23.7 Å². The fourth-order valence-electron chi connectivity index (χ4n) is 12.2. The van der Waals surface area contributed by atoms with E-state index < -0.39 is 10.0 Å². The molecular weight excluding hydrogens is 741 g/mol. The number of anilines is 3. The highest BCUT2D eigenvalue weighted by atomic mass is 32.3. The van der Waals surface area contributed by atoms with Crippen LogP contribution < -0.4 is 4.90 Å². The molecule has 4 heteroatoms. The molecule has 0 N–H and O–H groups in total. The van der Waals surface area contributed by atoms with Crippen molar-refractivity contribution in [3.05, 3.63) is 163 Å². The smallest absolute Gasteiger partial charge is 0.0701 e. The molecule has 4 bridgehead atoms. The maximum Gasteiger partial charge on any atom is 0.0701 e. The molecule has 5 aliphatic rings. The number of rotatable bonds is 6. The van der Waals surface area contributed by atoms with Gasteiger partial charge in [0.2, 0.25) is 0 Å². The molecule has 0 atom stereocenters. The zero-order valence-corrected chi connectivity index (χ0v) is 35.1. The van der Waals surface area contributed by atoms with Crippen molar-refractivity contribution in [2.24, 2.45) is 23.7 Å². The fraction of sp³-hybridized carbons (Fsp3) is 0.241. The Labute approximate surface area is 347 Å². The first-order valence-corrected chi connectivity index (χ1v) is 24.8. The summed E-state index contributed by atoms with van der Waals surface area (Å²) in [6.07, 6.45) is 16.1. The summed E-state index contributed by atoms with van der Waals surface area (Å²) in [5, 5.41) is 2.65. The lowest BCUT2D eigenvalue weighted by Crippen LogP contribution is -2.55. The number of pyridine rings is 1. The van der Waals surface area contributed by atoms with Crippen LogP contribution in [0.2, 0.25) is 0 Å². The van der Waals surface area contributed by atoms with Crippen molar-refractivity contribution in [1.82, 2.24) is 4.98 Å². The lowest BCUT2D eigenvalue weighted by Gasteiger charge is -2.61. The molecular formula is C54H48N2S2. The van der Waals surface area contributed by atoms with Gasteiger partial charge in [-0.25, -0.2) is 10.0 Å². The molecule has 1 spiro atoms. The molecule has 2 aromatic heterocycles. The average Bonchev–Trinajstić information content (AvgIpc) is 3.76. The predicted molar refractivity (Wildman–Crippen MR) is 250 cm³/mol. The third kappa shape index (κ3) is 5.27. The van der Waals surface area contributed by atoms with Crippen LogP contribution in [0.25, 0.3) is 53.7 Å². The summed E-state index contributed by atoms with van der Waals surface area (Å²) in [5.41, 5.74) is 14.7. The third-order valence-corrected chi connectivity index (χ3v) is 17.3. The number of benzene rings is 6. The maximum atomic E-state index is 4.60. The minimum absolute atomic E-state index is 0.218. The standard InChI is InChI=1S/C54H48N2S2/c1-58(2,3)44-20-17-42(18-21-44)56(41-15-11-36(12-16-41)51-10-6-7-25-55-51)43-19-23-47-46-22-13-38(32-52(46)57-53(47)33-43)37-14-24-50-48(31-37)45-8-4-5-9-49(45)54(50)39-27-34-26-35(29-39)30-40(54)28-34/h4-25,31-35,39-40H,26-30H2,1-3H3. The molecule has 0 amide bonds. The Morgan fingerprint density at radius 2 is 1.12 bits per heavy atom. The number of nitrogens with zero attached hydrogens (tertiary/aromatic N) is 2. The number of hydrogen-bond acceptors (Lipinski definition) is 3. The SMILES string of the molecule is CS(C)(C)c1ccc(N(c2ccc(-c3ccccn3)cc2)c2ccc3c(c2)sc2cc(-c4ccc5c(c4)-c4ccccc4C54C5CC6CC(C5)CC4C6)ccc23)cc1. The Kier molecular flexibility index (Phi) is 7.76. The number of hydrogen-bond donors (Lipinski definition) is 0. The predicted octanol–water partition coefficient (Wildman–Crippen LogP) is 15.0. The summed E-state index contributed by atoms with van der Waals surface area (Å²) in [6.45, 7) is 0. The lowest BCUT2D eigenvalue weighted by atomic mass is 9.43. The monoisotopic (exact) mass is 788 g/mol. The summed E-state index contributed by atoms with van der Waals surface area (Å²) in [7, 11) is -0.829. The van der Waals surface area contributed by atoms with Crippen LogP contribution in [0.1, 0.15) is 43.2 Å². The van der Waals surface area contributed by atoms with Crippen molar-refractivity contribution in [1.29, 1.82) is 0 Å². The first kappa shape index (κ1) is 34.8. The second-order valence-corrected chi connectivity index (χ2v) is 23.6. The van der Waals surface area contributed by atoms with E-state index in [0.717, 1.165) is 52.0 Å². The summed E-state index contributed by atoms with van der Waals surface area (Å²) >= 11 is 1.91. The van der Waals surface area contributed by atoms with Crippen molar-refractivity contribution < 1.29 is 0 Å². The van der Waals surface area contributed by atoms with Gasteiger partial charge in [0.05, 0.1) is 5.69 Å². The van der Waals surface area contributed by atoms with Gasteiger partial charge in [0.15, 0.2) is 0 Å². The fourth-order valence-corrected chi connectivity index (χ4v) is 14.3. The number of aromatic nitrogens is 1. The van der Waals surface area contributed by atoms with Gasteiger partial charge in [-0.2, -0.15) is 0 Å². The molecule has 4 saturated carbocycles. The normalized spacial score (nSPS) is 23.1. The van der Waals surface area contributed by atoms with Gasteiger partial charge < -0.3 is 4.90 Å². The Morgan fingerprint density at radius 3 is 1.83 bits per heavy atom. The van der Waals surface area contributed by atoms with Crippen LogP contribution in [0.3, 0.4) is 0 Å². The quantitative estimate of drug-likeness (QED) is 0.167. The zero-order chi connectivity index (χ0) is 38.8. The number of thiophene rings is 1. The molecule has 13 rings (SSSR count). The number of fused-ring (bicyclic) bond motifs is 6. The largest absolute Gasteiger partial charge is 0.310 e. The van der Waals surface area contributed by atoms with E-state index in [1.54, 1.807) is 11.1 Å². The highest BCUT2D eigenvalue weighted by molar-refractivity contribution is 8.32. The van der Waals surface area contributed by atoms with E-state index in [0.29, 0.717) is 0 Å². The highest BCUT2D eigenvalue weighted by Gasteiger charge is 2.61. The molecule has 0 radical (unpaired) electrons. The molecule has 5 aliphatic carbocycles. The minimum atomic E-state index is -0.829. The summed E-state index contributed by atoms with van der Waals surface area (Å²) < 4.78 is 2.65. The molecule has 6 aromatic carbocycles. The van der Waals surface area contributed by atoms with E-state index in [4.69, 9.17) is 0 Å². The summed E-state index contributed by atoms with van der Waals surface area (Å²) in [6, 6.07) is 55.4. The minimum Gasteiger partial charge on any atom is -0.310 e. The molecule has 286 valence electrons. The molecule has 0 saturated heterocycles. The topological polar surface area (TPSA) is 16.1 Å². The lowest BCUT2D eigenvalue weighted by molar-refractivity contribution is -0.0399. The van der Waals surface area contributed by atoms with Gasteiger partial charge in [-0.3, -0.25) is 4.98 Å². The molecule has 2 heterocycles. The Balaban J connectivity index is 0.926. The van der Waals surface area contributed by atoms with E-state index >= 15 is 0 Å². The zero-order valence-electron chi connectivity index (χ0n) is 33.5. The Hall–Kier alpha value is -5.16. The highest BCUT2D eigenvalue weighted by Crippen LogP contribution is 2.69. The van der Waals surface area contributed by atoms with Crippen LogP contribution in [0.5, 0.6) is 0 Å². The van der Waals surface area contributed by atoms with E-state index in [-0.39, 0.29) is 5.41 Å². The second kappa shape index (κ2) is 12.9. The van der Waals surface area contributed by atoms with Crippen molar-refractivity contribution in [3.63, 3.8) is 0 Å². The van der Waals surface area contributed by atoms with E-state index in [9.17, 15) is 0 Å². The Bertz CT molecular complexity index is 2850. The molecule has 4 fully saturated rings. The molecule has 2 nitrogen and oxygen atoms in total. The first-order valence-electron chi connectivity index (χ1n) is 21.1. The molecule has 58 heavy (non-hydrogen) atoms. The van der Waals surface area contributed by atoms with Gasteiger partial charge in [-0.05, 0) is 186 Å². The third-order valence-electron chi connectivity index (χ3n) is 14.5. The summed E-state index contributed by atoms with van der Waals surface area (Å²) in [5.74, 6) is 3.51. The van der Waals surface area contributed by atoms with Crippen LogP contribution in [-0.2, 0) is 5.41 Å². The van der Waals surface area contributed by atoms with Gasteiger partial charge in [0.1, 0.15) is 0 Å². The molecule has 0 unspecified atom stereocenters. The van der Waals surface area contributed by atoms with Crippen molar-refractivity contribution in [3.8, 4) is 33.5 Å². The van der Waals surface area contributed by atoms with Crippen molar-refractivity contribution >= 4 is 58.6 Å². The van der Waals surface area contributed by atoms with Crippen LogP contribution in [0.4, 0.5) is 17.1 Å². The van der Waals surface area contributed by atoms with Crippen LogP contribution >= 0.6 is 21.4 Å². The van der Waals surface area contributed by atoms with E-state index in [1.165, 1.54) is 79.4 Å². The van der Waals surface area contributed by atoms with Gasteiger partial charge in [0.25, 0.3) is 0 Å². The van der Waals surface area contributed by atoms with Gasteiger partial charge in [-0.15, -0.1) is 11.3 Å². The Morgan fingerprint density at radius 1 is 0.534 bits per heavy atom. The molecule has 8 aromatic rings. The summed E-state index contributed by atoms with van der Waals surface area (Å²) in [4.78, 5) is 8.41. The van der Waals surface area contributed by atoms with E-state index in [2.05, 4.69) is 162 Å². The first-order chi connectivity index (χ1) is 28.3. The van der Waals surface area contributed by atoms with Gasteiger partial charge in [0, 0.05) is 54.4 Å². The molecule has 0 aliphatic heterocycles. The van der Waals surface area contributed by atoms with Crippen LogP contribution in [-0.4, -0.2) is 23.8 Å². The average molecular weight is 789 g/mol. The van der Waals surface area contributed by atoms with Crippen LogP contribution in [0.15, 0.2) is 157 Å². The van der Waals surface area contributed by atoms with E-state index in [1.807, 2.05) is 29.7 Å². The maximum absolute atomic E-state index is 4.60. The second-order valence-electron chi connectivity index (χ2n) is 18.4. The van der Waals surface area contributed by atoms with Gasteiger partial charge in [-0.1, -0.05) is 72.8 Å². The van der Waals surface area contributed by atoms with Gasteiger partial charge >= 0.3 is 0 Å².